The first-order chi connectivity index (χ1) is 9.31. The molecule has 0 saturated heterocycles. The SMILES string of the molecule is CN=C(NCCCS(C)(=O)=O)NCc1nc(C)c(C)s1.I. The number of aryl methyl sites for hydroxylation is 2. The van der Waals surface area contributed by atoms with Gasteiger partial charge >= 0.3 is 0 Å². The van der Waals surface area contributed by atoms with Gasteiger partial charge in [0.15, 0.2) is 5.96 Å². The van der Waals surface area contributed by atoms with Crippen LogP contribution in [0.5, 0.6) is 0 Å². The lowest BCUT2D eigenvalue weighted by molar-refractivity contribution is 0.598. The van der Waals surface area contributed by atoms with E-state index in [0.717, 1.165) is 10.7 Å². The Hall–Kier alpha value is -0.420. The zero-order chi connectivity index (χ0) is 15.2. The number of nitrogens with one attached hydrogen (secondary N) is 2. The highest BCUT2D eigenvalue weighted by atomic mass is 127. The topological polar surface area (TPSA) is 83.5 Å². The lowest BCUT2D eigenvalue weighted by Gasteiger charge is -2.10. The summed E-state index contributed by atoms with van der Waals surface area (Å²) in [6.07, 6.45) is 1.81. The van der Waals surface area contributed by atoms with Crippen molar-refractivity contribution in [1.82, 2.24) is 15.6 Å². The average molecular weight is 446 g/mol. The molecule has 0 atom stereocenters. The van der Waals surface area contributed by atoms with Crippen LogP contribution in [0.1, 0.15) is 22.0 Å². The lowest BCUT2D eigenvalue weighted by Crippen LogP contribution is -2.37. The fourth-order valence-corrected chi connectivity index (χ4v) is 3.08. The molecule has 0 fully saturated rings. The first-order valence-electron chi connectivity index (χ1n) is 6.37. The number of sulfone groups is 1. The van der Waals surface area contributed by atoms with Crippen LogP contribution < -0.4 is 10.6 Å². The molecule has 6 nitrogen and oxygen atoms in total. The van der Waals surface area contributed by atoms with Crippen molar-refractivity contribution in [3.8, 4) is 0 Å². The first kappa shape index (κ1) is 20.6. The van der Waals surface area contributed by atoms with Gasteiger partial charge < -0.3 is 10.6 Å². The van der Waals surface area contributed by atoms with Crippen LogP contribution in [-0.2, 0) is 16.4 Å². The van der Waals surface area contributed by atoms with Gasteiger partial charge in [-0.2, -0.15) is 0 Å². The molecule has 0 unspecified atom stereocenters. The summed E-state index contributed by atoms with van der Waals surface area (Å²) in [5.41, 5.74) is 1.06. The summed E-state index contributed by atoms with van der Waals surface area (Å²) in [6.45, 7) is 5.23. The zero-order valence-corrected chi connectivity index (χ0v) is 16.7. The van der Waals surface area contributed by atoms with Crippen LogP contribution in [0.3, 0.4) is 0 Å². The molecule has 0 bridgehead atoms. The minimum Gasteiger partial charge on any atom is -0.356 e. The maximum atomic E-state index is 11.0. The third kappa shape index (κ3) is 8.57. The van der Waals surface area contributed by atoms with E-state index in [1.165, 1.54) is 11.1 Å². The molecule has 1 aromatic heterocycles. The van der Waals surface area contributed by atoms with Crippen LogP contribution in [-0.4, -0.2) is 45.0 Å². The molecule has 9 heteroatoms. The molecule has 2 N–H and O–H groups in total. The van der Waals surface area contributed by atoms with Gasteiger partial charge in [0.2, 0.25) is 0 Å². The molecule has 0 radical (unpaired) electrons. The van der Waals surface area contributed by atoms with Gasteiger partial charge in [0.25, 0.3) is 0 Å². The van der Waals surface area contributed by atoms with E-state index in [4.69, 9.17) is 0 Å². The standard InChI is InChI=1S/C12H22N4O2S2.HI/c1-9-10(2)19-11(16-9)8-15-12(13-3)14-6-5-7-20(4,17)18;/h5-8H2,1-4H3,(H2,13,14,15);1H. The second-order valence-corrected chi connectivity index (χ2v) is 8.13. The minimum atomic E-state index is -2.89. The fraction of sp³-hybridized carbons (Fsp3) is 0.667. The summed E-state index contributed by atoms with van der Waals surface area (Å²) in [4.78, 5) is 9.75. The zero-order valence-electron chi connectivity index (χ0n) is 12.8. The average Bonchev–Trinajstić information content (AvgIpc) is 2.66. The van der Waals surface area contributed by atoms with Gasteiger partial charge in [-0.1, -0.05) is 0 Å². The Morgan fingerprint density at radius 2 is 2.00 bits per heavy atom. The number of thiazole rings is 1. The number of halogens is 1. The number of guanidine groups is 1. The number of hydrogen-bond donors (Lipinski definition) is 2. The van der Waals surface area contributed by atoms with Gasteiger partial charge in [0.1, 0.15) is 14.8 Å². The molecule has 1 heterocycles. The van der Waals surface area contributed by atoms with Crippen LogP contribution in [0.2, 0.25) is 0 Å². The smallest absolute Gasteiger partial charge is 0.191 e. The monoisotopic (exact) mass is 446 g/mol. The molecule has 1 aromatic rings. The van der Waals surface area contributed by atoms with Gasteiger partial charge in [0, 0.05) is 24.7 Å². The van der Waals surface area contributed by atoms with Crippen molar-refractivity contribution >= 4 is 51.1 Å². The van der Waals surface area contributed by atoms with Crippen LogP contribution in [0, 0.1) is 13.8 Å². The molecule has 0 aliphatic rings. The van der Waals surface area contributed by atoms with E-state index in [2.05, 4.69) is 27.5 Å². The van der Waals surface area contributed by atoms with E-state index in [9.17, 15) is 8.42 Å². The van der Waals surface area contributed by atoms with E-state index in [0.29, 0.717) is 25.5 Å². The second kappa shape index (κ2) is 9.57. The minimum absolute atomic E-state index is 0. The Morgan fingerprint density at radius 3 is 2.48 bits per heavy atom. The fourth-order valence-electron chi connectivity index (χ4n) is 1.54. The third-order valence-electron chi connectivity index (χ3n) is 2.69. The highest BCUT2D eigenvalue weighted by molar-refractivity contribution is 14.0. The van der Waals surface area contributed by atoms with Gasteiger partial charge in [0.05, 0.1) is 18.0 Å². The van der Waals surface area contributed by atoms with Crippen molar-refractivity contribution in [1.29, 1.82) is 0 Å². The Kier molecular flexibility index (Phi) is 9.38. The van der Waals surface area contributed by atoms with E-state index in [1.807, 2.05) is 6.92 Å². The van der Waals surface area contributed by atoms with Crippen molar-refractivity contribution in [3.05, 3.63) is 15.6 Å². The molecule has 0 amide bonds. The van der Waals surface area contributed by atoms with Gasteiger partial charge in [-0.15, -0.1) is 35.3 Å². The number of aromatic nitrogens is 1. The molecule has 0 aromatic carbocycles. The van der Waals surface area contributed by atoms with Crippen LogP contribution in [0.25, 0.3) is 0 Å². The van der Waals surface area contributed by atoms with Crippen molar-refractivity contribution in [2.24, 2.45) is 4.99 Å². The molecule has 0 spiro atoms. The van der Waals surface area contributed by atoms with Crippen molar-refractivity contribution < 1.29 is 8.42 Å². The summed E-state index contributed by atoms with van der Waals surface area (Å²) in [5.74, 6) is 0.839. The van der Waals surface area contributed by atoms with Crippen LogP contribution >= 0.6 is 35.3 Å². The molecule has 0 saturated carbocycles. The molecule has 1 rings (SSSR count). The van der Waals surface area contributed by atoms with E-state index >= 15 is 0 Å². The Labute approximate surface area is 147 Å². The summed E-state index contributed by atoms with van der Waals surface area (Å²) in [5, 5.41) is 7.26. The van der Waals surface area contributed by atoms with Crippen molar-refractivity contribution in [2.45, 2.75) is 26.8 Å². The lowest BCUT2D eigenvalue weighted by atomic mass is 10.4. The predicted molar refractivity (Wildman–Crippen MR) is 99.5 cm³/mol. The first-order valence-corrected chi connectivity index (χ1v) is 9.24. The van der Waals surface area contributed by atoms with Gasteiger partial charge in [-0.3, -0.25) is 4.99 Å². The Morgan fingerprint density at radius 1 is 1.33 bits per heavy atom. The highest BCUT2D eigenvalue weighted by Gasteiger charge is 2.05. The molecular formula is C12H23IN4O2S2. The third-order valence-corrected chi connectivity index (χ3v) is 4.79. The summed E-state index contributed by atoms with van der Waals surface area (Å²) >= 11 is 1.66. The number of hydrogen-bond acceptors (Lipinski definition) is 5. The Bertz CT molecular complexity index is 550. The van der Waals surface area contributed by atoms with Gasteiger partial charge in [-0.05, 0) is 20.3 Å². The number of nitrogens with zero attached hydrogens (tertiary/aromatic N) is 2. The summed E-state index contributed by atoms with van der Waals surface area (Å²) < 4.78 is 22.0. The van der Waals surface area contributed by atoms with Crippen LogP contribution in [0.15, 0.2) is 4.99 Å². The maximum Gasteiger partial charge on any atom is 0.191 e. The van der Waals surface area contributed by atoms with Crippen LogP contribution in [0.4, 0.5) is 0 Å². The van der Waals surface area contributed by atoms with E-state index in [1.54, 1.807) is 18.4 Å². The second-order valence-electron chi connectivity index (χ2n) is 4.59. The van der Waals surface area contributed by atoms with E-state index < -0.39 is 9.84 Å². The summed E-state index contributed by atoms with van der Waals surface area (Å²) in [6, 6.07) is 0. The van der Waals surface area contributed by atoms with E-state index in [-0.39, 0.29) is 29.7 Å². The predicted octanol–water partition coefficient (Wildman–Crippen LogP) is 1.48. The highest BCUT2D eigenvalue weighted by Crippen LogP contribution is 2.15. The largest absolute Gasteiger partial charge is 0.356 e. The van der Waals surface area contributed by atoms with Crippen molar-refractivity contribution in [3.63, 3.8) is 0 Å². The molecule has 0 aliphatic carbocycles. The van der Waals surface area contributed by atoms with Crippen molar-refractivity contribution in [2.75, 3.05) is 25.6 Å². The molecule has 0 aliphatic heterocycles. The summed E-state index contributed by atoms with van der Waals surface area (Å²) in [7, 11) is -1.21. The quantitative estimate of drug-likeness (QED) is 0.299. The normalized spacial score (nSPS) is 11.9. The maximum absolute atomic E-state index is 11.0. The van der Waals surface area contributed by atoms with Gasteiger partial charge in [-0.25, -0.2) is 13.4 Å². The molecule has 21 heavy (non-hydrogen) atoms. The molecule has 122 valence electrons. The number of aliphatic imine (C=N–C) groups is 1. The molecular weight excluding hydrogens is 423 g/mol. The Balaban J connectivity index is 0.00000400. The number of rotatable bonds is 6.